The Morgan fingerprint density at radius 1 is 1.16 bits per heavy atom. The van der Waals surface area contributed by atoms with E-state index in [9.17, 15) is 19.5 Å². The fraction of sp³-hybridized carbons (Fsp3) is 0.400. The van der Waals surface area contributed by atoms with Crippen LogP contribution in [0.25, 0.3) is 0 Å². The summed E-state index contributed by atoms with van der Waals surface area (Å²) in [6.45, 7) is 0.550. The molecule has 0 saturated carbocycles. The lowest BCUT2D eigenvalue weighted by Gasteiger charge is -2.23. The van der Waals surface area contributed by atoms with E-state index in [1.807, 2.05) is 6.07 Å². The Morgan fingerprint density at radius 3 is 2.32 bits per heavy atom. The van der Waals surface area contributed by atoms with Crippen molar-refractivity contribution in [2.24, 2.45) is 5.84 Å². The summed E-state index contributed by atoms with van der Waals surface area (Å²) in [5.41, 5.74) is 2.53. The number of aliphatic hydroxyl groups is 2. The smallest absolute Gasteiger partial charge is 0.408 e. The molecule has 1 aromatic rings. The molecule has 0 spiro atoms. The average molecular weight is 354 g/mol. The molecule has 0 saturated heterocycles. The molecule has 25 heavy (non-hydrogen) atoms. The molecule has 7 N–H and O–H groups in total. The van der Waals surface area contributed by atoms with Crippen LogP contribution in [-0.4, -0.2) is 52.9 Å². The van der Waals surface area contributed by atoms with Gasteiger partial charge in [-0.15, -0.1) is 0 Å². The van der Waals surface area contributed by atoms with Gasteiger partial charge in [0.25, 0.3) is 5.91 Å². The number of rotatable bonds is 8. The van der Waals surface area contributed by atoms with Gasteiger partial charge in [0.15, 0.2) is 0 Å². The van der Waals surface area contributed by atoms with Gasteiger partial charge in [0.2, 0.25) is 5.91 Å². The Morgan fingerprint density at radius 2 is 1.80 bits per heavy atom. The van der Waals surface area contributed by atoms with Crippen LogP contribution in [0, 0.1) is 0 Å². The molecular formula is C15H22N4O6. The third-order valence-corrected chi connectivity index (χ3v) is 3.21. The van der Waals surface area contributed by atoms with E-state index in [1.54, 1.807) is 29.7 Å². The van der Waals surface area contributed by atoms with E-state index in [0.29, 0.717) is 0 Å². The second-order valence-corrected chi connectivity index (χ2v) is 5.18. The van der Waals surface area contributed by atoms with Gasteiger partial charge in [-0.05, 0) is 12.5 Å². The van der Waals surface area contributed by atoms with Gasteiger partial charge >= 0.3 is 6.09 Å². The molecule has 1 aromatic carbocycles. The molecule has 1 rings (SSSR count). The first-order valence-corrected chi connectivity index (χ1v) is 7.46. The zero-order valence-corrected chi connectivity index (χ0v) is 13.6. The summed E-state index contributed by atoms with van der Waals surface area (Å²) < 4.78 is 4.97. The van der Waals surface area contributed by atoms with Gasteiger partial charge in [-0.25, -0.2) is 10.6 Å². The zero-order chi connectivity index (χ0) is 18.8. The molecule has 3 amide bonds. The number of nitrogens with two attached hydrogens (primary N) is 1. The Kier molecular flexibility index (Phi) is 8.33. The molecule has 0 heterocycles. The van der Waals surface area contributed by atoms with E-state index < -0.39 is 42.7 Å². The van der Waals surface area contributed by atoms with Crippen LogP contribution in [-0.2, 0) is 20.9 Å². The summed E-state index contributed by atoms with van der Waals surface area (Å²) in [5, 5.41) is 23.1. The maximum atomic E-state index is 12.1. The number of benzene rings is 1. The molecule has 10 heteroatoms. The van der Waals surface area contributed by atoms with Crippen molar-refractivity contribution in [1.29, 1.82) is 0 Å². The number of carbonyl (C=O) groups excluding carboxylic acids is 3. The van der Waals surface area contributed by atoms with Gasteiger partial charge in [-0.2, -0.15) is 0 Å². The van der Waals surface area contributed by atoms with Crippen molar-refractivity contribution in [3.63, 3.8) is 0 Å². The standard InChI is InChI=1S/C15H22N4O6/c1-9(21)12(14(23)17-11(7-20)13(22)19-16)18-15(24)25-8-10-5-3-2-4-6-10/h2-6,9,11-12,20-21H,7-8,16H2,1H3,(H,17,23)(H,18,24)(H,19,22)/t9-,11-,12-/m0/s1. The summed E-state index contributed by atoms with van der Waals surface area (Å²) >= 11 is 0. The first kappa shape index (κ1) is 20.4. The molecule has 3 atom stereocenters. The first-order chi connectivity index (χ1) is 11.9. The number of aliphatic hydroxyl groups excluding tert-OH is 2. The highest BCUT2D eigenvalue weighted by Gasteiger charge is 2.29. The lowest BCUT2D eigenvalue weighted by atomic mass is 10.1. The normalized spacial score (nSPS) is 13.9. The molecule has 0 aliphatic heterocycles. The molecule has 138 valence electrons. The van der Waals surface area contributed by atoms with Gasteiger partial charge in [-0.3, -0.25) is 15.0 Å². The maximum Gasteiger partial charge on any atom is 0.408 e. The number of amides is 3. The molecule has 10 nitrogen and oxygen atoms in total. The monoisotopic (exact) mass is 354 g/mol. The highest BCUT2D eigenvalue weighted by atomic mass is 16.5. The van der Waals surface area contributed by atoms with E-state index in [0.717, 1.165) is 5.56 Å². The van der Waals surface area contributed by atoms with Crippen molar-refractivity contribution in [2.45, 2.75) is 31.7 Å². The summed E-state index contributed by atoms with van der Waals surface area (Å²) in [7, 11) is 0. The molecule has 0 aliphatic carbocycles. The number of hydrogen-bond donors (Lipinski definition) is 6. The van der Waals surface area contributed by atoms with Crippen LogP contribution < -0.4 is 21.9 Å². The minimum Gasteiger partial charge on any atom is -0.445 e. The fourth-order valence-electron chi connectivity index (χ4n) is 1.85. The van der Waals surface area contributed by atoms with Crippen LogP contribution in [0.4, 0.5) is 4.79 Å². The number of carbonyl (C=O) groups is 3. The largest absolute Gasteiger partial charge is 0.445 e. The van der Waals surface area contributed by atoms with Crippen LogP contribution in [0.15, 0.2) is 30.3 Å². The molecule has 0 aromatic heterocycles. The van der Waals surface area contributed by atoms with Crippen molar-refractivity contribution in [1.82, 2.24) is 16.1 Å². The Balaban J connectivity index is 2.61. The van der Waals surface area contributed by atoms with Crippen LogP contribution in [0.3, 0.4) is 0 Å². The maximum absolute atomic E-state index is 12.1. The fourth-order valence-corrected chi connectivity index (χ4v) is 1.85. The van der Waals surface area contributed by atoms with Crippen molar-refractivity contribution in [2.75, 3.05) is 6.61 Å². The lowest BCUT2D eigenvalue weighted by molar-refractivity contribution is -0.132. The Labute approximate surface area is 144 Å². The van der Waals surface area contributed by atoms with Crippen molar-refractivity contribution in [3.8, 4) is 0 Å². The third kappa shape index (κ3) is 6.75. The Hall–Kier alpha value is -2.69. The van der Waals surface area contributed by atoms with E-state index in [4.69, 9.17) is 15.7 Å². The van der Waals surface area contributed by atoms with Gasteiger partial charge < -0.3 is 25.6 Å². The molecule has 0 unspecified atom stereocenters. The summed E-state index contributed by atoms with van der Waals surface area (Å²) in [6.07, 6.45) is -2.20. The highest BCUT2D eigenvalue weighted by Crippen LogP contribution is 2.02. The second kappa shape index (κ2) is 10.2. The number of alkyl carbamates (subject to hydrolysis) is 1. The first-order valence-electron chi connectivity index (χ1n) is 7.46. The van der Waals surface area contributed by atoms with E-state index >= 15 is 0 Å². The van der Waals surface area contributed by atoms with Gasteiger partial charge in [0.05, 0.1) is 12.7 Å². The quantitative estimate of drug-likeness (QED) is 0.181. The minimum absolute atomic E-state index is 0.0182. The van der Waals surface area contributed by atoms with Crippen molar-refractivity contribution >= 4 is 17.9 Å². The van der Waals surface area contributed by atoms with Crippen LogP contribution >= 0.6 is 0 Å². The zero-order valence-electron chi connectivity index (χ0n) is 13.6. The predicted octanol–water partition coefficient (Wildman–Crippen LogP) is -1.87. The summed E-state index contributed by atoms with van der Waals surface area (Å²) in [5.74, 6) is 3.23. The van der Waals surface area contributed by atoms with Gasteiger partial charge in [0, 0.05) is 0 Å². The lowest BCUT2D eigenvalue weighted by Crippen LogP contribution is -2.58. The third-order valence-electron chi connectivity index (χ3n) is 3.21. The number of nitrogens with one attached hydrogen (secondary N) is 3. The number of hydrogen-bond acceptors (Lipinski definition) is 7. The Bertz CT molecular complexity index is 581. The van der Waals surface area contributed by atoms with Crippen LogP contribution in [0.5, 0.6) is 0 Å². The molecule has 0 bridgehead atoms. The van der Waals surface area contributed by atoms with E-state index in [2.05, 4.69) is 10.6 Å². The van der Waals surface area contributed by atoms with Gasteiger partial charge in [-0.1, -0.05) is 30.3 Å². The molecular weight excluding hydrogens is 332 g/mol. The van der Waals surface area contributed by atoms with E-state index in [-0.39, 0.29) is 6.61 Å². The second-order valence-electron chi connectivity index (χ2n) is 5.18. The number of hydrazine groups is 1. The minimum atomic E-state index is -1.39. The number of ether oxygens (including phenoxy) is 1. The molecule has 0 aliphatic rings. The molecule has 0 radical (unpaired) electrons. The summed E-state index contributed by atoms with van der Waals surface area (Å²) in [6, 6.07) is 6.17. The predicted molar refractivity (Wildman–Crippen MR) is 86.6 cm³/mol. The van der Waals surface area contributed by atoms with Crippen LogP contribution in [0.2, 0.25) is 0 Å². The van der Waals surface area contributed by atoms with Crippen molar-refractivity contribution in [3.05, 3.63) is 35.9 Å². The molecule has 0 fully saturated rings. The topological polar surface area (TPSA) is 163 Å². The van der Waals surface area contributed by atoms with Crippen LogP contribution in [0.1, 0.15) is 12.5 Å². The highest BCUT2D eigenvalue weighted by molar-refractivity contribution is 5.91. The van der Waals surface area contributed by atoms with Gasteiger partial charge in [0.1, 0.15) is 18.7 Å². The van der Waals surface area contributed by atoms with Crippen molar-refractivity contribution < 1.29 is 29.3 Å². The average Bonchev–Trinajstić information content (AvgIpc) is 2.62. The van der Waals surface area contributed by atoms with E-state index in [1.165, 1.54) is 6.92 Å². The summed E-state index contributed by atoms with van der Waals surface area (Å²) in [4.78, 5) is 35.3. The SMILES string of the molecule is C[C@H](O)[C@H](NC(=O)OCc1ccccc1)C(=O)N[C@@H](CO)C(=O)NN.